The van der Waals surface area contributed by atoms with Gasteiger partial charge in [-0.25, -0.2) is 0 Å². The Labute approximate surface area is 108 Å². The average molecular weight is 260 g/mol. The zero-order chi connectivity index (χ0) is 13.5. The number of aliphatic hydroxyl groups is 1. The van der Waals surface area contributed by atoms with Gasteiger partial charge in [-0.15, -0.1) is 0 Å². The SMILES string of the molecule is CCNC1COCC1C(=O)N(C)CC(O)COC. The Kier molecular flexibility index (Phi) is 6.56. The second-order valence-corrected chi connectivity index (χ2v) is 4.64. The number of methoxy groups -OCH3 is 1. The summed E-state index contributed by atoms with van der Waals surface area (Å²) in [5.41, 5.74) is 0. The summed E-state index contributed by atoms with van der Waals surface area (Å²) in [6.07, 6.45) is -0.649. The third-order valence-corrected chi connectivity index (χ3v) is 3.08. The van der Waals surface area contributed by atoms with E-state index < -0.39 is 6.10 Å². The van der Waals surface area contributed by atoms with Crippen LogP contribution in [0.4, 0.5) is 0 Å². The van der Waals surface area contributed by atoms with Crippen LogP contribution in [0.25, 0.3) is 0 Å². The molecule has 3 unspecified atom stereocenters. The molecule has 1 amide bonds. The van der Waals surface area contributed by atoms with Gasteiger partial charge >= 0.3 is 0 Å². The number of hydrogen-bond acceptors (Lipinski definition) is 5. The van der Waals surface area contributed by atoms with Crippen LogP contribution < -0.4 is 5.32 Å². The minimum Gasteiger partial charge on any atom is -0.389 e. The standard InChI is InChI=1S/C12H24N2O4/c1-4-13-11-8-18-7-10(11)12(16)14(2)5-9(15)6-17-3/h9-11,13,15H,4-8H2,1-3H3. The fourth-order valence-electron chi connectivity index (χ4n) is 2.20. The molecule has 0 bridgehead atoms. The van der Waals surface area contributed by atoms with Crippen LogP contribution in [-0.4, -0.2) is 75.1 Å². The smallest absolute Gasteiger partial charge is 0.229 e. The Morgan fingerprint density at radius 2 is 2.33 bits per heavy atom. The first kappa shape index (κ1) is 15.4. The summed E-state index contributed by atoms with van der Waals surface area (Å²) in [7, 11) is 3.22. The summed E-state index contributed by atoms with van der Waals surface area (Å²) in [6.45, 7) is 4.34. The van der Waals surface area contributed by atoms with Crippen molar-refractivity contribution >= 4 is 5.91 Å². The van der Waals surface area contributed by atoms with E-state index in [1.54, 1.807) is 11.9 Å². The third kappa shape index (κ3) is 4.20. The average Bonchev–Trinajstić information content (AvgIpc) is 2.77. The van der Waals surface area contributed by atoms with Crippen molar-refractivity contribution in [1.29, 1.82) is 0 Å². The fraction of sp³-hybridized carbons (Fsp3) is 0.917. The number of nitrogens with zero attached hydrogens (tertiary/aromatic N) is 1. The molecule has 0 saturated carbocycles. The van der Waals surface area contributed by atoms with Crippen molar-refractivity contribution < 1.29 is 19.4 Å². The molecule has 3 atom stereocenters. The van der Waals surface area contributed by atoms with Crippen LogP contribution in [0.5, 0.6) is 0 Å². The van der Waals surface area contributed by atoms with E-state index in [0.29, 0.717) is 13.2 Å². The van der Waals surface area contributed by atoms with Crippen LogP contribution in [-0.2, 0) is 14.3 Å². The summed E-state index contributed by atoms with van der Waals surface area (Å²) >= 11 is 0. The van der Waals surface area contributed by atoms with Crippen molar-refractivity contribution in [2.45, 2.75) is 19.1 Å². The fourth-order valence-corrected chi connectivity index (χ4v) is 2.20. The number of ether oxygens (including phenoxy) is 2. The van der Waals surface area contributed by atoms with Crippen molar-refractivity contribution in [1.82, 2.24) is 10.2 Å². The Hall–Kier alpha value is -0.690. The maximum atomic E-state index is 12.2. The molecule has 18 heavy (non-hydrogen) atoms. The molecule has 1 rings (SSSR count). The van der Waals surface area contributed by atoms with Crippen LogP contribution in [0.3, 0.4) is 0 Å². The predicted molar refractivity (Wildman–Crippen MR) is 67.3 cm³/mol. The zero-order valence-electron chi connectivity index (χ0n) is 11.4. The number of amides is 1. The lowest BCUT2D eigenvalue weighted by Crippen LogP contribution is -2.46. The molecule has 1 fully saturated rings. The van der Waals surface area contributed by atoms with Crippen molar-refractivity contribution in [3.8, 4) is 0 Å². The Morgan fingerprint density at radius 3 is 2.94 bits per heavy atom. The van der Waals surface area contributed by atoms with Gasteiger partial charge in [-0.05, 0) is 6.54 Å². The minimum atomic E-state index is -0.649. The first-order valence-corrected chi connectivity index (χ1v) is 6.33. The molecule has 1 aliphatic heterocycles. The quantitative estimate of drug-likeness (QED) is 0.619. The molecule has 0 aromatic heterocycles. The monoisotopic (exact) mass is 260 g/mol. The van der Waals surface area contributed by atoms with E-state index in [-0.39, 0.29) is 31.0 Å². The number of carbonyl (C=O) groups is 1. The molecule has 1 aliphatic rings. The summed E-state index contributed by atoms with van der Waals surface area (Å²) in [6, 6.07) is 0.0736. The van der Waals surface area contributed by atoms with E-state index in [9.17, 15) is 9.90 Å². The van der Waals surface area contributed by atoms with Gasteiger partial charge in [0.2, 0.25) is 5.91 Å². The lowest BCUT2D eigenvalue weighted by molar-refractivity contribution is -0.136. The van der Waals surface area contributed by atoms with Gasteiger partial charge in [0.05, 0.1) is 31.8 Å². The van der Waals surface area contributed by atoms with E-state index in [4.69, 9.17) is 9.47 Å². The molecule has 1 saturated heterocycles. The highest BCUT2D eigenvalue weighted by molar-refractivity contribution is 5.79. The highest BCUT2D eigenvalue weighted by Crippen LogP contribution is 2.16. The Balaban J connectivity index is 2.46. The lowest BCUT2D eigenvalue weighted by Gasteiger charge is -2.25. The maximum Gasteiger partial charge on any atom is 0.229 e. The molecule has 1 heterocycles. The van der Waals surface area contributed by atoms with Crippen molar-refractivity contribution in [3.05, 3.63) is 0 Å². The Bertz CT molecular complexity index is 262. The number of aliphatic hydroxyl groups excluding tert-OH is 1. The minimum absolute atomic E-state index is 0.00797. The summed E-state index contributed by atoms with van der Waals surface area (Å²) in [5, 5.41) is 12.9. The molecular weight excluding hydrogens is 236 g/mol. The summed E-state index contributed by atoms with van der Waals surface area (Å²) < 4.78 is 10.2. The first-order valence-electron chi connectivity index (χ1n) is 6.33. The number of rotatable bonds is 7. The highest BCUT2D eigenvalue weighted by atomic mass is 16.5. The van der Waals surface area contributed by atoms with Crippen molar-refractivity contribution in [3.63, 3.8) is 0 Å². The predicted octanol–water partition coefficient (Wildman–Crippen LogP) is -0.923. The molecule has 0 radical (unpaired) electrons. The summed E-state index contributed by atoms with van der Waals surface area (Å²) in [4.78, 5) is 13.8. The molecule has 106 valence electrons. The van der Waals surface area contributed by atoms with Gasteiger partial charge in [0, 0.05) is 26.7 Å². The molecule has 0 aromatic carbocycles. The lowest BCUT2D eigenvalue weighted by atomic mass is 10.0. The first-order chi connectivity index (χ1) is 8.60. The number of carbonyl (C=O) groups excluding carboxylic acids is 1. The van der Waals surface area contributed by atoms with E-state index >= 15 is 0 Å². The molecule has 0 aromatic rings. The van der Waals surface area contributed by atoms with Gasteiger partial charge in [-0.1, -0.05) is 6.92 Å². The molecule has 6 nitrogen and oxygen atoms in total. The molecular formula is C12H24N2O4. The van der Waals surface area contributed by atoms with Gasteiger partial charge in [0.25, 0.3) is 0 Å². The van der Waals surface area contributed by atoms with Crippen molar-refractivity contribution in [2.24, 2.45) is 5.92 Å². The van der Waals surface area contributed by atoms with Gasteiger partial charge in [0.15, 0.2) is 0 Å². The second kappa shape index (κ2) is 7.68. The summed E-state index contributed by atoms with van der Waals surface area (Å²) in [5.74, 6) is -0.154. The molecule has 0 aliphatic carbocycles. The van der Waals surface area contributed by atoms with E-state index in [1.807, 2.05) is 6.92 Å². The molecule has 2 N–H and O–H groups in total. The normalized spacial score (nSPS) is 25.1. The Morgan fingerprint density at radius 1 is 1.61 bits per heavy atom. The highest BCUT2D eigenvalue weighted by Gasteiger charge is 2.35. The topological polar surface area (TPSA) is 71.0 Å². The van der Waals surface area contributed by atoms with E-state index in [0.717, 1.165) is 6.54 Å². The van der Waals surface area contributed by atoms with Crippen LogP contribution in [0.1, 0.15) is 6.92 Å². The molecule has 0 spiro atoms. The van der Waals surface area contributed by atoms with Gasteiger partial charge in [-0.3, -0.25) is 4.79 Å². The number of hydrogen-bond donors (Lipinski definition) is 2. The van der Waals surface area contributed by atoms with Gasteiger partial charge in [0.1, 0.15) is 0 Å². The van der Waals surface area contributed by atoms with Crippen LogP contribution >= 0.6 is 0 Å². The van der Waals surface area contributed by atoms with E-state index in [1.165, 1.54) is 7.11 Å². The largest absolute Gasteiger partial charge is 0.389 e. The van der Waals surface area contributed by atoms with E-state index in [2.05, 4.69) is 5.32 Å². The van der Waals surface area contributed by atoms with Crippen molar-refractivity contribution in [2.75, 3.05) is 47.1 Å². The van der Waals surface area contributed by atoms with Crippen LogP contribution in [0, 0.1) is 5.92 Å². The zero-order valence-corrected chi connectivity index (χ0v) is 11.4. The molecule has 6 heteroatoms. The maximum absolute atomic E-state index is 12.2. The third-order valence-electron chi connectivity index (χ3n) is 3.08. The number of likely N-dealkylation sites (N-methyl/N-ethyl adjacent to an activating group) is 2. The van der Waals surface area contributed by atoms with Crippen LogP contribution in [0.2, 0.25) is 0 Å². The van der Waals surface area contributed by atoms with Gasteiger partial charge in [-0.2, -0.15) is 0 Å². The van der Waals surface area contributed by atoms with Gasteiger partial charge < -0.3 is 24.8 Å². The van der Waals surface area contributed by atoms with Crippen LogP contribution in [0.15, 0.2) is 0 Å². The number of nitrogens with one attached hydrogen (secondary N) is 1. The second-order valence-electron chi connectivity index (χ2n) is 4.64.